The highest BCUT2D eigenvalue weighted by Crippen LogP contribution is 2.37. The van der Waals surface area contributed by atoms with Crippen LogP contribution in [0.2, 0.25) is 0 Å². The molecule has 1 saturated heterocycles. The lowest BCUT2D eigenvalue weighted by Crippen LogP contribution is -2.27. The maximum Gasteiger partial charge on any atom is 0.416 e. The monoisotopic (exact) mass is 275 g/mol. The third kappa shape index (κ3) is 3.34. The average Bonchev–Trinajstić information content (AvgIpc) is 2.74. The van der Waals surface area contributed by atoms with Crippen LogP contribution in [0.25, 0.3) is 0 Å². The summed E-state index contributed by atoms with van der Waals surface area (Å²) in [4.78, 5) is 0. The number of anilines is 1. The topological polar surface area (TPSA) is 12.0 Å². The molecule has 1 nitrogen and oxygen atoms in total. The highest BCUT2D eigenvalue weighted by atomic mass is 32.2. The van der Waals surface area contributed by atoms with Crippen LogP contribution in [0.4, 0.5) is 18.9 Å². The predicted octanol–water partition coefficient (Wildman–Crippen LogP) is 4.40. The minimum atomic E-state index is -4.26. The summed E-state index contributed by atoms with van der Waals surface area (Å²) in [7, 11) is 0. The fourth-order valence-electron chi connectivity index (χ4n) is 2.04. The largest absolute Gasteiger partial charge is 0.416 e. The molecular formula is C13H16F3NS. The first-order valence-electron chi connectivity index (χ1n) is 5.94. The number of benzene rings is 1. The lowest BCUT2D eigenvalue weighted by Gasteiger charge is -2.23. The maximum atomic E-state index is 12.4. The van der Waals surface area contributed by atoms with E-state index in [2.05, 4.69) is 12.2 Å². The van der Waals surface area contributed by atoms with Crippen molar-refractivity contribution in [3.05, 3.63) is 29.8 Å². The van der Waals surface area contributed by atoms with Crippen molar-refractivity contribution in [1.82, 2.24) is 0 Å². The number of thioether (sulfide) groups is 1. The van der Waals surface area contributed by atoms with E-state index in [1.807, 2.05) is 11.8 Å². The van der Waals surface area contributed by atoms with Gasteiger partial charge in [0.15, 0.2) is 0 Å². The van der Waals surface area contributed by atoms with Crippen molar-refractivity contribution < 1.29 is 13.2 Å². The Hall–Kier alpha value is -0.840. The molecule has 5 heteroatoms. The van der Waals surface area contributed by atoms with Gasteiger partial charge >= 0.3 is 6.18 Å². The van der Waals surface area contributed by atoms with Crippen molar-refractivity contribution >= 4 is 17.4 Å². The second-order valence-electron chi connectivity index (χ2n) is 4.83. The summed E-state index contributed by atoms with van der Waals surface area (Å²) in [6, 6.07) is 5.22. The molecule has 100 valence electrons. The summed E-state index contributed by atoms with van der Waals surface area (Å²) in [6.45, 7) is 2.99. The van der Waals surface area contributed by atoms with Crippen LogP contribution in [-0.4, -0.2) is 17.0 Å². The van der Waals surface area contributed by atoms with Gasteiger partial charge in [-0.25, -0.2) is 0 Å². The molecule has 1 N–H and O–H groups in total. The van der Waals surface area contributed by atoms with Gasteiger partial charge in [0.1, 0.15) is 0 Å². The van der Waals surface area contributed by atoms with Gasteiger partial charge < -0.3 is 5.32 Å². The fraction of sp³-hybridized carbons (Fsp3) is 0.538. The van der Waals surface area contributed by atoms with E-state index in [0.717, 1.165) is 30.8 Å². The van der Waals surface area contributed by atoms with Gasteiger partial charge in [0, 0.05) is 17.0 Å². The molecule has 0 saturated carbocycles. The van der Waals surface area contributed by atoms with E-state index >= 15 is 0 Å². The molecule has 0 radical (unpaired) electrons. The molecule has 1 heterocycles. The van der Waals surface area contributed by atoms with Crippen LogP contribution in [-0.2, 0) is 6.18 Å². The van der Waals surface area contributed by atoms with Crippen LogP contribution in [0.15, 0.2) is 24.3 Å². The molecule has 1 unspecified atom stereocenters. The first-order valence-corrected chi connectivity index (χ1v) is 6.93. The van der Waals surface area contributed by atoms with Crippen molar-refractivity contribution in [2.45, 2.75) is 30.7 Å². The molecule has 0 bridgehead atoms. The molecule has 1 aliphatic heterocycles. The zero-order valence-electron chi connectivity index (χ0n) is 10.2. The van der Waals surface area contributed by atoms with Crippen LogP contribution in [0.5, 0.6) is 0 Å². The van der Waals surface area contributed by atoms with Gasteiger partial charge in [-0.2, -0.15) is 24.9 Å². The number of nitrogens with one attached hydrogen (secondary N) is 1. The quantitative estimate of drug-likeness (QED) is 0.877. The molecule has 1 aromatic rings. The van der Waals surface area contributed by atoms with Crippen LogP contribution in [0.3, 0.4) is 0 Å². The van der Waals surface area contributed by atoms with Gasteiger partial charge in [-0.3, -0.25) is 0 Å². The first kappa shape index (κ1) is 13.6. The Morgan fingerprint density at radius 3 is 2.44 bits per heavy atom. The SMILES string of the molecule is CC1(CNc2ccc(C(F)(F)F)cc2)CCCS1. The average molecular weight is 275 g/mol. The Balaban J connectivity index is 1.94. The van der Waals surface area contributed by atoms with Crippen molar-refractivity contribution in [2.75, 3.05) is 17.6 Å². The first-order chi connectivity index (χ1) is 8.39. The molecule has 1 fully saturated rings. The zero-order chi connectivity index (χ0) is 13.2. The van der Waals surface area contributed by atoms with Gasteiger partial charge in [0.25, 0.3) is 0 Å². The van der Waals surface area contributed by atoms with E-state index in [1.165, 1.54) is 24.3 Å². The lowest BCUT2D eigenvalue weighted by atomic mass is 10.1. The second-order valence-corrected chi connectivity index (χ2v) is 6.51. The van der Waals surface area contributed by atoms with E-state index in [0.29, 0.717) is 0 Å². The Morgan fingerprint density at radius 1 is 1.28 bits per heavy atom. The molecule has 1 atom stereocenters. The summed E-state index contributed by atoms with van der Waals surface area (Å²) in [6.07, 6.45) is -1.88. The number of hydrogen-bond donors (Lipinski definition) is 1. The smallest absolute Gasteiger partial charge is 0.384 e. The Labute approximate surface area is 109 Å². The van der Waals surface area contributed by atoms with E-state index in [-0.39, 0.29) is 4.75 Å². The van der Waals surface area contributed by atoms with Crippen LogP contribution in [0.1, 0.15) is 25.3 Å². The minimum Gasteiger partial charge on any atom is -0.384 e. The molecule has 0 amide bonds. The van der Waals surface area contributed by atoms with Crippen molar-refractivity contribution in [2.24, 2.45) is 0 Å². The lowest BCUT2D eigenvalue weighted by molar-refractivity contribution is -0.137. The van der Waals surface area contributed by atoms with Gasteiger partial charge in [0.2, 0.25) is 0 Å². The molecular weight excluding hydrogens is 259 g/mol. The number of halogens is 3. The third-order valence-electron chi connectivity index (χ3n) is 3.18. The van der Waals surface area contributed by atoms with E-state index in [9.17, 15) is 13.2 Å². The molecule has 18 heavy (non-hydrogen) atoms. The van der Waals surface area contributed by atoms with Crippen LogP contribution in [0, 0.1) is 0 Å². The van der Waals surface area contributed by atoms with Gasteiger partial charge in [-0.15, -0.1) is 0 Å². The predicted molar refractivity (Wildman–Crippen MR) is 70.0 cm³/mol. The third-order valence-corrected chi connectivity index (χ3v) is 4.72. The molecule has 0 spiro atoms. The van der Waals surface area contributed by atoms with Crippen molar-refractivity contribution in [3.8, 4) is 0 Å². The summed E-state index contributed by atoms with van der Waals surface area (Å²) < 4.78 is 37.4. The number of alkyl halides is 3. The standard InChI is InChI=1S/C13H16F3NS/c1-12(7-2-8-18-12)9-17-11-5-3-10(4-6-11)13(14,15)16/h3-6,17H,2,7-9H2,1H3. The molecule has 0 aliphatic carbocycles. The second kappa shape index (κ2) is 5.03. The molecule has 1 aromatic carbocycles. The molecule has 1 aliphatic rings. The molecule has 2 rings (SSSR count). The zero-order valence-corrected chi connectivity index (χ0v) is 11.0. The van der Waals surface area contributed by atoms with Crippen molar-refractivity contribution in [3.63, 3.8) is 0 Å². The summed E-state index contributed by atoms with van der Waals surface area (Å²) >= 11 is 1.93. The summed E-state index contributed by atoms with van der Waals surface area (Å²) in [5.41, 5.74) is 0.145. The molecule has 0 aromatic heterocycles. The van der Waals surface area contributed by atoms with E-state index < -0.39 is 11.7 Å². The van der Waals surface area contributed by atoms with Crippen LogP contribution >= 0.6 is 11.8 Å². The van der Waals surface area contributed by atoms with Gasteiger partial charge in [-0.1, -0.05) is 0 Å². The Kier molecular flexibility index (Phi) is 3.80. The van der Waals surface area contributed by atoms with Crippen molar-refractivity contribution in [1.29, 1.82) is 0 Å². The Bertz CT molecular complexity index is 394. The number of rotatable bonds is 3. The van der Waals surface area contributed by atoms with Gasteiger partial charge in [-0.05, 0) is 49.8 Å². The Morgan fingerprint density at radius 2 is 1.94 bits per heavy atom. The van der Waals surface area contributed by atoms with Gasteiger partial charge in [0.05, 0.1) is 5.56 Å². The fourth-order valence-corrected chi connectivity index (χ4v) is 3.29. The van der Waals surface area contributed by atoms with E-state index in [4.69, 9.17) is 0 Å². The highest BCUT2D eigenvalue weighted by molar-refractivity contribution is 8.00. The van der Waals surface area contributed by atoms with Crippen LogP contribution < -0.4 is 5.32 Å². The highest BCUT2D eigenvalue weighted by Gasteiger charge is 2.31. The summed E-state index contributed by atoms with van der Waals surface area (Å²) in [5, 5.41) is 3.22. The minimum absolute atomic E-state index is 0.211. The van der Waals surface area contributed by atoms with E-state index in [1.54, 1.807) is 0 Å². The number of hydrogen-bond acceptors (Lipinski definition) is 2. The summed E-state index contributed by atoms with van der Waals surface area (Å²) in [5.74, 6) is 1.17. The normalized spacial score (nSPS) is 24.2. The maximum absolute atomic E-state index is 12.4.